The van der Waals surface area contributed by atoms with E-state index in [0.717, 1.165) is 0 Å². The zero-order chi connectivity index (χ0) is 8.27. The lowest BCUT2D eigenvalue weighted by Gasteiger charge is -2.01. The molecule has 1 rings (SSSR count). The van der Waals surface area contributed by atoms with E-state index in [1.165, 1.54) is 25.3 Å². The number of hydrogen-bond donors (Lipinski definition) is 0. The molecule has 0 bridgehead atoms. The van der Waals surface area contributed by atoms with E-state index in [0.29, 0.717) is 0 Å². The summed E-state index contributed by atoms with van der Waals surface area (Å²) in [5.41, 5.74) is 0.104. The maximum atomic E-state index is 12.7. The van der Waals surface area contributed by atoms with Crippen LogP contribution < -0.4 is 4.74 Å². The molecule has 0 aliphatic heterocycles. The summed E-state index contributed by atoms with van der Waals surface area (Å²) in [6.45, 7) is 0. The van der Waals surface area contributed by atoms with E-state index in [1.54, 1.807) is 6.29 Å². The van der Waals surface area contributed by atoms with Gasteiger partial charge in [0.15, 0.2) is 11.6 Å². The van der Waals surface area contributed by atoms with Crippen LogP contribution in [-0.2, 0) is 4.79 Å². The second kappa shape index (κ2) is 3.14. The zero-order valence-corrected chi connectivity index (χ0v) is 5.93. The Kier molecular flexibility index (Phi) is 2.21. The summed E-state index contributed by atoms with van der Waals surface area (Å²) >= 11 is 0. The van der Waals surface area contributed by atoms with Crippen molar-refractivity contribution in [3.05, 3.63) is 29.6 Å². The smallest absolute Gasteiger partial charge is 0.237 e. The predicted octanol–water partition coefficient (Wildman–Crippen LogP) is 1.29. The number of halogens is 1. The fourth-order valence-corrected chi connectivity index (χ4v) is 0.797. The summed E-state index contributed by atoms with van der Waals surface area (Å²) in [4.78, 5) is 10.2. The minimum Gasteiger partial charge on any atom is -0.493 e. The van der Waals surface area contributed by atoms with E-state index in [1.807, 2.05) is 0 Å². The SMILES string of the molecule is COc1c(F)cccc1[C]=O. The highest BCUT2D eigenvalue weighted by atomic mass is 19.1. The van der Waals surface area contributed by atoms with Crippen LogP contribution in [0.4, 0.5) is 4.39 Å². The van der Waals surface area contributed by atoms with Gasteiger partial charge in [-0.25, -0.2) is 4.39 Å². The molecule has 0 amide bonds. The van der Waals surface area contributed by atoms with Crippen molar-refractivity contribution < 1.29 is 13.9 Å². The molecule has 0 atom stereocenters. The van der Waals surface area contributed by atoms with Crippen LogP contribution in [-0.4, -0.2) is 13.4 Å². The molecule has 0 saturated carbocycles. The van der Waals surface area contributed by atoms with E-state index in [9.17, 15) is 9.18 Å². The third-order valence-electron chi connectivity index (χ3n) is 1.28. The molecule has 11 heavy (non-hydrogen) atoms. The van der Waals surface area contributed by atoms with Crippen molar-refractivity contribution in [2.75, 3.05) is 7.11 Å². The first-order chi connectivity index (χ1) is 5.29. The number of ether oxygens (including phenoxy) is 1. The van der Waals surface area contributed by atoms with Crippen LogP contribution in [0, 0.1) is 5.82 Å². The molecule has 0 N–H and O–H groups in total. The first-order valence-corrected chi connectivity index (χ1v) is 3.00. The number of methoxy groups -OCH3 is 1. The highest BCUT2D eigenvalue weighted by Gasteiger charge is 2.06. The molecule has 0 spiro atoms. The predicted molar refractivity (Wildman–Crippen MR) is 37.7 cm³/mol. The molecule has 0 aromatic heterocycles. The monoisotopic (exact) mass is 153 g/mol. The molecule has 3 heteroatoms. The first-order valence-electron chi connectivity index (χ1n) is 3.00. The second-order valence-corrected chi connectivity index (χ2v) is 1.92. The molecule has 0 saturated heterocycles. The molecule has 57 valence electrons. The van der Waals surface area contributed by atoms with E-state index in [2.05, 4.69) is 4.74 Å². The second-order valence-electron chi connectivity index (χ2n) is 1.92. The van der Waals surface area contributed by atoms with Gasteiger partial charge in [0.05, 0.1) is 12.7 Å². The van der Waals surface area contributed by atoms with Crippen LogP contribution in [0.25, 0.3) is 0 Å². The summed E-state index contributed by atoms with van der Waals surface area (Å²) in [6, 6.07) is 4.09. The number of hydrogen-bond acceptors (Lipinski definition) is 2. The van der Waals surface area contributed by atoms with Crippen molar-refractivity contribution in [3.63, 3.8) is 0 Å². The fourth-order valence-electron chi connectivity index (χ4n) is 0.797. The van der Waals surface area contributed by atoms with Crippen molar-refractivity contribution in [2.45, 2.75) is 0 Å². The average molecular weight is 153 g/mol. The third kappa shape index (κ3) is 1.37. The van der Waals surface area contributed by atoms with Gasteiger partial charge in [0.1, 0.15) is 0 Å². The Labute approximate surface area is 63.6 Å². The summed E-state index contributed by atoms with van der Waals surface area (Å²) in [7, 11) is 1.30. The Morgan fingerprint density at radius 3 is 2.73 bits per heavy atom. The van der Waals surface area contributed by atoms with Crippen LogP contribution in [0.1, 0.15) is 5.56 Å². The van der Waals surface area contributed by atoms with Gasteiger partial charge in [-0.3, -0.25) is 4.79 Å². The van der Waals surface area contributed by atoms with E-state index >= 15 is 0 Å². The lowest BCUT2D eigenvalue weighted by molar-refractivity contribution is 0.385. The van der Waals surface area contributed by atoms with Gasteiger partial charge in [-0.15, -0.1) is 0 Å². The van der Waals surface area contributed by atoms with Gasteiger partial charge in [0.25, 0.3) is 0 Å². The van der Waals surface area contributed by atoms with Crippen molar-refractivity contribution in [1.82, 2.24) is 0 Å². The highest BCUT2D eigenvalue weighted by Crippen LogP contribution is 2.19. The Morgan fingerprint density at radius 1 is 1.55 bits per heavy atom. The van der Waals surface area contributed by atoms with Crippen molar-refractivity contribution in [1.29, 1.82) is 0 Å². The molecular formula is C8H6FO2. The molecule has 0 fully saturated rings. The minimum atomic E-state index is -0.548. The molecule has 0 heterocycles. The Bertz CT molecular complexity index is 271. The lowest BCUT2D eigenvalue weighted by Crippen LogP contribution is -1.93. The molecule has 1 aromatic rings. The molecule has 0 aliphatic rings. The Balaban J connectivity index is 3.23. The van der Waals surface area contributed by atoms with Gasteiger partial charge in [0, 0.05) is 0 Å². The van der Waals surface area contributed by atoms with Crippen molar-refractivity contribution in [3.8, 4) is 5.75 Å². The van der Waals surface area contributed by atoms with Crippen LogP contribution >= 0.6 is 0 Å². The number of para-hydroxylation sites is 1. The standard InChI is InChI=1S/C8H6FO2/c1-11-8-6(5-10)3-2-4-7(8)9/h2-4H,1H3. The van der Waals surface area contributed by atoms with Gasteiger partial charge in [-0.1, -0.05) is 6.07 Å². The molecular weight excluding hydrogens is 147 g/mol. The quantitative estimate of drug-likeness (QED) is 0.640. The van der Waals surface area contributed by atoms with Gasteiger partial charge in [-0.2, -0.15) is 0 Å². The number of carbonyl (C=O) groups excluding carboxylic acids is 1. The van der Waals surface area contributed by atoms with Gasteiger partial charge >= 0.3 is 0 Å². The Morgan fingerprint density at radius 2 is 2.27 bits per heavy atom. The Hall–Kier alpha value is -1.38. The molecule has 0 aliphatic carbocycles. The summed E-state index contributed by atoms with van der Waals surface area (Å²) in [5, 5.41) is 0. The highest BCUT2D eigenvalue weighted by molar-refractivity contribution is 5.79. The molecule has 2 nitrogen and oxygen atoms in total. The van der Waals surface area contributed by atoms with E-state index in [-0.39, 0.29) is 11.3 Å². The van der Waals surface area contributed by atoms with E-state index in [4.69, 9.17) is 0 Å². The van der Waals surface area contributed by atoms with Crippen molar-refractivity contribution >= 4 is 6.29 Å². The largest absolute Gasteiger partial charge is 0.493 e. The van der Waals surface area contributed by atoms with E-state index < -0.39 is 5.82 Å². The normalized spacial score (nSPS) is 9.27. The maximum Gasteiger partial charge on any atom is 0.237 e. The zero-order valence-electron chi connectivity index (χ0n) is 5.93. The van der Waals surface area contributed by atoms with Gasteiger partial charge in [0.2, 0.25) is 6.29 Å². The average Bonchev–Trinajstić information content (AvgIpc) is 2.04. The lowest BCUT2D eigenvalue weighted by atomic mass is 10.2. The topological polar surface area (TPSA) is 26.3 Å². The van der Waals surface area contributed by atoms with Crippen molar-refractivity contribution in [2.24, 2.45) is 0 Å². The number of benzene rings is 1. The van der Waals surface area contributed by atoms with Crippen LogP contribution in [0.2, 0.25) is 0 Å². The summed E-state index contributed by atoms with van der Waals surface area (Å²) < 4.78 is 17.4. The summed E-state index contributed by atoms with van der Waals surface area (Å²) in [6.07, 6.45) is 1.57. The van der Waals surface area contributed by atoms with Gasteiger partial charge in [-0.05, 0) is 12.1 Å². The van der Waals surface area contributed by atoms with Gasteiger partial charge < -0.3 is 4.74 Å². The molecule has 1 radical (unpaired) electrons. The molecule has 1 aromatic carbocycles. The minimum absolute atomic E-state index is 0.0532. The maximum absolute atomic E-state index is 12.7. The summed E-state index contributed by atoms with van der Waals surface area (Å²) in [5.74, 6) is -0.601. The van der Waals surface area contributed by atoms with Crippen LogP contribution in [0.3, 0.4) is 0 Å². The first kappa shape index (κ1) is 7.72. The molecule has 0 unspecified atom stereocenters. The third-order valence-corrected chi connectivity index (χ3v) is 1.28. The fraction of sp³-hybridized carbons (Fsp3) is 0.125. The number of rotatable bonds is 2. The van der Waals surface area contributed by atoms with Crippen LogP contribution in [0.15, 0.2) is 18.2 Å². The van der Waals surface area contributed by atoms with Crippen LogP contribution in [0.5, 0.6) is 5.75 Å².